The molecule has 1 saturated carbocycles. The Kier molecular flexibility index (Phi) is 3.94. The number of hydrogen-bond donors (Lipinski definition) is 3. The zero-order valence-corrected chi connectivity index (χ0v) is 12.6. The topological polar surface area (TPSA) is 61.4 Å². The maximum absolute atomic E-state index is 12.5. The van der Waals surface area contributed by atoms with Gasteiger partial charge in [0.15, 0.2) is 0 Å². The number of aliphatic hydroxyl groups excluding tert-OH is 1. The third-order valence-corrected chi connectivity index (χ3v) is 5.42. The normalized spacial score (nSPS) is 34.5. The first-order chi connectivity index (χ1) is 8.76. The van der Waals surface area contributed by atoms with Gasteiger partial charge >= 0.3 is 0 Å². The summed E-state index contributed by atoms with van der Waals surface area (Å²) in [7, 11) is 0. The van der Waals surface area contributed by atoms with Gasteiger partial charge in [-0.25, -0.2) is 0 Å². The molecule has 1 saturated heterocycles. The van der Waals surface area contributed by atoms with Gasteiger partial charge in [-0.15, -0.1) is 0 Å². The van der Waals surface area contributed by atoms with E-state index in [4.69, 9.17) is 0 Å². The highest BCUT2D eigenvalue weighted by atomic mass is 16.3. The molecule has 4 heteroatoms. The molecule has 2 fully saturated rings. The predicted molar refractivity (Wildman–Crippen MR) is 75.7 cm³/mol. The third-order valence-electron chi connectivity index (χ3n) is 5.42. The van der Waals surface area contributed by atoms with Gasteiger partial charge in [-0.2, -0.15) is 0 Å². The Labute approximate surface area is 116 Å². The lowest BCUT2D eigenvalue weighted by atomic mass is 9.64. The fourth-order valence-corrected chi connectivity index (χ4v) is 3.14. The van der Waals surface area contributed by atoms with Crippen molar-refractivity contribution in [1.29, 1.82) is 0 Å². The van der Waals surface area contributed by atoms with Gasteiger partial charge in [0.1, 0.15) is 0 Å². The first-order valence-electron chi connectivity index (χ1n) is 7.46. The van der Waals surface area contributed by atoms with Crippen molar-refractivity contribution >= 4 is 5.91 Å². The number of aliphatic hydroxyl groups is 1. The summed E-state index contributed by atoms with van der Waals surface area (Å²) in [5.74, 6) is 0.528. The molecule has 3 unspecified atom stereocenters. The van der Waals surface area contributed by atoms with Gasteiger partial charge in [-0.1, -0.05) is 27.7 Å². The molecule has 4 nitrogen and oxygen atoms in total. The second kappa shape index (κ2) is 5.06. The van der Waals surface area contributed by atoms with Crippen LogP contribution in [0.1, 0.15) is 47.0 Å². The quantitative estimate of drug-likeness (QED) is 0.723. The lowest BCUT2D eigenvalue weighted by molar-refractivity contribution is -0.140. The number of hydrogen-bond acceptors (Lipinski definition) is 3. The standard InChI is InChI=1S/C15H28N2O2/c1-14(2,10-6-5-7-16-9-10)13(19)17-11-8-12(18)15(11,3)4/h10-12,16,18H,5-9H2,1-4H3,(H,17,19). The Morgan fingerprint density at radius 1 is 1.42 bits per heavy atom. The molecular weight excluding hydrogens is 240 g/mol. The van der Waals surface area contributed by atoms with Crippen molar-refractivity contribution in [2.24, 2.45) is 16.7 Å². The van der Waals surface area contributed by atoms with Crippen molar-refractivity contribution in [3.8, 4) is 0 Å². The fraction of sp³-hybridized carbons (Fsp3) is 0.933. The van der Waals surface area contributed by atoms with Crippen molar-refractivity contribution in [2.75, 3.05) is 13.1 Å². The fourth-order valence-electron chi connectivity index (χ4n) is 3.14. The van der Waals surface area contributed by atoms with Gasteiger partial charge in [0.25, 0.3) is 0 Å². The molecule has 0 aromatic rings. The molecule has 2 rings (SSSR count). The van der Waals surface area contributed by atoms with Crippen LogP contribution < -0.4 is 10.6 Å². The summed E-state index contributed by atoms with van der Waals surface area (Å²) in [6, 6.07) is 0.103. The smallest absolute Gasteiger partial charge is 0.226 e. The van der Waals surface area contributed by atoms with Crippen LogP contribution in [0, 0.1) is 16.7 Å². The first kappa shape index (κ1) is 14.8. The number of carbonyl (C=O) groups excluding carboxylic acids is 1. The number of rotatable bonds is 3. The molecule has 0 bridgehead atoms. The van der Waals surface area contributed by atoms with E-state index in [1.807, 2.05) is 27.7 Å². The minimum Gasteiger partial charge on any atom is -0.392 e. The van der Waals surface area contributed by atoms with Crippen molar-refractivity contribution < 1.29 is 9.90 Å². The summed E-state index contributed by atoms with van der Waals surface area (Å²) in [6.45, 7) is 10.1. The highest BCUT2D eigenvalue weighted by Crippen LogP contribution is 2.41. The highest BCUT2D eigenvalue weighted by molar-refractivity contribution is 5.82. The van der Waals surface area contributed by atoms with Crippen LogP contribution in [-0.2, 0) is 4.79 Å². The highest BCUT2D eigenvalue weighted by Gasteiger charge is 2.49. The molecule has 0 radical (unpaired) electrons. The van der Waals surface area contributed by atoms with E-state index in [2.05, 4.69) is 10.6 Å². The summed E-state index contributed by atoms with van der Waals surface area (Å²) in [6.07, 6.45) is 2.65. The Morgan fingerprint density at radius 3 is 2.58 bits per heavy atom. The van der Waals surface area contributed by atoms with Crippen LogP contribution in [0.2, 0.25) is 0 Å². The van der Waals surface area contributed by atoms with Gasteiger partial charge in [-0.3, -0.25) is 4.79 Å². The van der Waals surface area contributed by atoms with Crippen LogP contribution >= 0.6 is 0 Å². The minimum absolute atomic E-state index is 0.103. The van der Waals surface area contributed by atoms with Gasteiger partial charge in [0.2, 0.25) is 5.91 Å². The van der Waals surface area contributed by atoms with Gasteiger partial charge in [0.05, 0.1) is 6.10 Å². The summed E-state index contributed by atoms with van der Waals surface area (Å²) < 4.78 is 0. The van der Waals surface area contributed by atoms with Gasteiger partial charge in [-0.05, 0) is 38.3 Å². The molecule has 1 heterocycles. The van der Waals surface area contributed by atoms with Crippen LogP contribution in [0.4, 0.5) is 0 Å². The van der Waals surface area contributed by atoms with E-state index >= 15 is 0 Å². The number of piperidine rings is 1. The zero-order valence-electron chi connectivity index (χ0n) is 12.6. The summed E-state index contributed by atoms with van der Waals surface area (Å²) in [4.78, 5) is 12.5. The molecule has 110 valence electrons. The van der Waals surface area contributed by atoms with Crippen molar-refractivity contribution in [1.82, 2.24) is 10.6 Å². The lowest BCUT2D eigenvalue weighted by Crippen LogP contribution is -2.63. The summed E-state index contributed by atoms with van der Waals surface area (Å²) in [5.41, 5.74) is -0.541. The largest absolute Gasteiger partial charge is 0.392 e. The Hall–Kier alpha value is -0.610. The van der Waals surface area contributed by atoms with Crippen LogP contribution in [0.5, 0.6) is 0 Å². The molecule has 1 aliphatic heterocycles. The molecule has 1 amide bonds. The first-order valence-corrected chi connectivity index (χ1v) is 7.46. The van der Waals surface area contributed by atoms with E-state index < -0.39 is 0 Å². The monoisotopic (exact) mass is 268 g/mol. The van der Waals surface area contributed by atoms with E-state index in [9.17, 15) is 9.90 Å². The van der Waals surface area contributed by atoms with Gasteiger partial charge in [0, 0.05) is 16.9 Å². The molecular formula is C15H28N2O2. The van der Waals surface area contributed by atoms with E-state index in [1.165, 1.54) is 0 Å². The zero-order chi connectivity index (χ0) is 14.3. The molecule has 1 aliphatic carbocycles. The summed E-state index contributed by atoms with van der Waals surface area (Å²) >= 11 is 0. The van der Waals surface area contributed by atoms with Crippen LogP contribution in [0.15, 0.2) is 0 Å². The average molecular weight is 268 g/mol. The number of amides is 1. The van der Waals surface area contributed by atoms with Gasteiger partial charge < -0.3 is 15.7 Å². The lowest BCUT2D eigenvalue weighted by Gasteiger charge is -2.50. The van der Waals surface area contributed by atoms with Crippen LogP contribution in [-0.4, -0.2) is 36.2 Å². The van der Waals surface area contributed by atoms with Crippen LogP contribution in [0.25, 0.3) is 0 Å². The SMILES string of the molecule is CC(C)(C(=O)NC1CC(O)C1(C)C)C1CCCNC1. The molecule has 3 N–H and O–H groups in total. The molecule has 0 spiro atoms. The minimum atomic E-state index is -0.343. The molecule has 0 aromatic carbocycles. The second-order valence-corrected chi connectivity index (χ2v) is 7.36. The molecule has 19 heavy (non-hydrogen) atoms. The second-order valence-electron chi connectivity index (χ2n) is 7.36. The Balaban J connectivity index is 1.95. The number of nitrogens with one attached hydrogen (secondary N) is 2. The van der Waals surface area contributed by atoms with Crippen molar-refractivity contribution in [3.05, 3.63) is 0 Å². The summed E-state index contributed by atoms with van der Waals surface area (Å²) in [5, 5.41) is 16.3. The van der Waals surface area contributed by atoms with E-state index in [-0.39, 0.29) is 28.9 Å². The third kappa shape index (κ3) is 2.65. The maximum Gasteiger partial charge on any atom is 0.226 e. The number of carbonyl (C=O) groups is 1. The average Bonchev–Trinajstić information content (AvgIpc) is 2.39. The van der Waals surface area contributed by atoms with Crippen molar-refractivity contribution in [3.63, 3.8) is 0 Å². The Morgan fingerprint density at radius 2 is 2.11 bits per heavy atom. The molecule has 3 atom stereocenters. The van der Waals surface area contributed by atoms with E-state index in [0.29, 0.717) is 12.3 Å². The van der Waals surface area contributed by atoms with E-state index in [0.717, 1.165) is 25.9 Å². The van der Waals surface area contributed by atoms with Crippen LogP contribution in [0.3, 0.4) is 0 Å². The maximum atomic E-state index is 12.5. The Bertz CT molecular complexity index is 346. The molecule has 0 aromatic heterocycles. The molecule has 2 aliphatic rings. The predicted octanol–water partition coefficient (Wildman–Crippen LogP) is 1.29. The van der Waals surface area contributed by atoms with Crippen molar-refractivity contribution in [2.45, 2.75) is 59.1 Å². The van der Waals surface area contributed by atoms with E-state index in [1.54, 1.807) is 0 Å².